The van der Waals surface area contributed by atoms with Crippen molar-refractivity contribution in [2.75, 3.05) is 26.2 Å². The Balaban J connectivity index is 2.78. The van der Waals surface area contributed by atoms with E-state index in [-0.39, 0.29) is 11.3 Å². The van der Waals surface area contributed by atoms with Gasteiger partial charge in [0.05, 0.1) is 12.0 Å². The van der Waals surface area contributed by atoms with Crippen LogP contribution in [0.3, 0.4) is 0 Å². The van der Waals surface area contributed by atoms with Gasteiger partial charge < -0.3 is 10.2 Å². The molecule has 3 nitrogen and oxygen atoms in total. The molecule has 0 saturated carbocycles. The molecule has 0 radical (unpaired) electrons. The van der Waals surface area contributed by atoms with Crippen molar-refractivity contribution in [3.05, 3.63) is 0 Å². The molecule has 1 N–H and O–H groups in total. The van der Waals surface area contributed by atoms with Crippen molar-refractivity contribution in [2.24, 2.45) is 5.41 Å². The smallest absolute Gasteiger partial charge is 0.230 e. The second kappa shape index (κ2) is 6.66. The van der Waals surface area contributed by atoms with Crippen LogP contribution in [0, 0.1) is 17.8 Å². The van der Waals surface area contributed by atoms with Crippen LogP contribution < -0.4 is 5.32 Å². The lowest BCUT2D eigenvalue weighted by Crippen LogP contribution is -2.51. The molecule has 96 valence electrons. The molecule has 1 aliphatic rings. The minimum absolute atomic E-state index is 0.218. The van der Waals surface area contributed by atoms with E-state index in [1.165, 1.54) is 0 Å². The molecule has 3 heteroatoms. The summed E-state index contributed by atoms with van der Waals surface area (Å²) in [6.07, 6.45) is 9.27. The summed E-state index contributed by atoms with van der Waals surface area (Å²) in [6, 6.07) is 0. The van der Waals surface area contributed by atoms with Gasteiger partial charge in [-0.05, 0) is 32.2 Å². The number of nitrogens with one attached hydrogen (secondary N) is 1. The molecule has 1 aliphatic heterocycles. The zero-order valence-electron chi connectivity index (χ0n) is 11.1. The van der Waals surface area contributed by atoms with Crippen molar-refractivity contribution in [3.8, 4) is 12.3 Å². The Morgan fingerprint density at radius 1 is 1.53 bits per heavy atom. The van der Waals surface area contributed by atoms with E-state index in [4.69, 9.17) is 6.42 Å². The van der Waals surface area contributed by atoms with Crippen LogP contribution in [0.15, 0.2) is 0 Å². The first-order chi connectivity index (χ1) is 8.20. The summed E-state index contributed by atoms with van der Waals surface area (Å²) < 4.78 is 0. The molecule has 1 heterocycles. The third-order valence-electron chi connectivity index (χ3n) is 3.67. The number of piperidine rings is 1. The highest BCUT2D eigenvalue weighted by Gasteiger charge is 2.40. The number of terminal acetylenes is 1. The van der Waals surface area contributed by atoms with Crippen molar-refractivity contribution in [1.82, 2.24) is 10.2 Å². The van der Waals surface area contributed by atoms with E-state index in [0.717, 1.165) is 45.3 Å². The van der Waals surface area contributed by atoms with Gasteiger partial charge in [-0.3, -0.25) is 4.79 Å². The molecular formula is C14H24N2O. The fraction of sp³-hybridized carbons (Fsp3) is 0.786. The summed E-state index contributed by atoms with van der Waals surface area (Å²) in [6.45, 7) is 7.21. The zero-order chi connectivity index (χ0) is 12.7. The van der Waals surface area contributed by atoms with Gasteiger partial charge in [0.15, 0.2) is 0 Å². The summed E-state index contributed by atoms with van der Waals surface area (Å²) in [5.41, 5.74) is -0.218. The van der Waals surface area contributed by atoms with Gasteiger partial charge in [0.2, 0.25) is 5.91 Å². The van der Waals surface area contributed by atoms with Crippen molar-refractivity contribution in [2.45, 2.75) is 39.5 Å². The summed E-state index contributed by atoms with van der Waals surface area (Å²) in [4.78, 5) is 14.5. The maximum absolute atomic E-state index is 12.6. The van der Waals surface area contributed by atoms with Crippen LogP contribution in [0.25, 0.3) is 0 Å². The number of hydrogen-bond donors (Lipinski definition) is 1. The Morgan fingerprint density at radius 2 is 2.29 bits per heavy atom. The number of amides is 1. The number of rotatable bonds is 5. The van der Waals surface area contributed by atoms with E-state index in [2.05, 4.69) is 25.1 Å². The second-order valence-corrected chi connectivity index (χ2v) is 4.85. The number of nitrogens with zero attached hydrogens (tertiary/aromatic N) is 1. The molecule has 0 aromatic heterocycles. The number of hydrogen-bond acceptors (Lipinski definition) is 2. The van der Waals surface area contributed by atoms with E-state index in [0.29, 0.717) is 6.54 Å². The van der Waals surface area contributed by atoms with Gasteiger partial charge in [-0.2, -0.15) is 0 Å². The first-order valence-corrected chi connectivity index (χ1v) is 6.63. The fourth-order valence-corrected chi connectivity index (χ4v) is 2.57. The molecule has 1 atom stereocenters. The Hall–Kier alpha value is -1.01. The average Bonchev–Trinajstić information content (AvgIpc) is 2.38. The van der Waals surface area contributed by atoms with E-state index >= 15 is 0 Å². The van der Waals surface area contributed by atoms with Gasteiger partial charge in [0.1, 0.15) is 0 Å². The number of carbonyl (C=O) groups excluding carboxylic acids is 1. The highest BCUT2D eigenvalue weighted by atomic mass is 16.2. The Bertz CT molecular complexity index is 287. The SMILES string of the molecule is C#CCN(CCC)C(=O)C1(CC)CCCNC1. The molecule has 0 bridgehead atoms. The van der Waals surface area contributed by atoms with Crippen molar-refractivity contribution in [1.29, 1.82) is 0 Å². The van der Waals surface area contributed by atoms with Gasteiger partial charge in [-0.15, -0.1) is 6.42 Å². The maximum atomic E-state index is 12.6. The van der Waals surface area contributed by atoms with Crippen LogP contribution in [0.5, 0.6) is 0 Å². The topological polar surface area (TPSA) is 32.3 Å². The van der Waals surface area contributed by atoms with Crippen LogP contribution >= 0.6 is 0 Å². The van der Waals surface area contributed by atoms with Crippen molar-refractivity contribution in [3.63, 3.8) is 0 Å². The number of carbonyl (C=O) groups is 1. The predicted octanol–water partition coefficient (Wildman–Crippen LogP) is 1.64. The molecule has 1 rings (SSSR count). The molecule has 0 spiro atoms. The van der Waals surface area contributed by atoms with Crippen LogP contribution in [-0.4, -0.2) is 37.0 Å². The van der Waals surface area contributed by atoms with Gasteiger partial charge >= 0.3 is 0 Å². The van der Waals surface area contributed by atoms with E-state index in [1.807, 2.05) is 4.90 Å². The average molecular weight is 236 g/mol. The van der Waals surface area contributed by atoms with Crippen LogP contribution in [0.4, 0.5) is 0 Å². The lowest BCUT2D eigenvalue weighted by Gasteiger charge is -2.39. The van der Waals surface area contributed by atoms with Crippen LogP contribution in [-0.2, 0) is 4.79 Å². The molecule has 1 unspecified atom stereocenters. The fourth-order valence-electron chi connectivity index (χ4n) is 2.57. The van der Waals surface area contributed by atoms with Crippen LogP contribution in [0.2, 0.25) is 0 Å². The Kier molecular flexibility index (Phi) is 5.50. The monoisotopic (exact) mass is 236 g/mol. The van der Waals surface area contributed by atoms with Gasteiger partial charge in [-0.25, -0.2) is 0 Å². The third-order valence-corrected chi connectivity index (χ3v) is 3.67. The molecular weight excluding hydrogens is 212 g/mol. The van der Waals surface area contributed by atoms with Crippen LogP contribution in [0.1, 0.15) is 39.5 Å². The molecule has 1 fully saturated rings. The zero-order valence-corrected chi connectivity index (χ0v) is 11.1. The molecule has 0 aromatic rings. The summed E-state index contributed by atoms with van der Waals surface area (Å²) in [5.74, 6) is 2.84. The quantitative estimate of drug-likeness (QED) is 0.736. The lowest BCUT2D eigenvalue weighted by atomic mass is 9.77. The van der Waals surface area contributed by atoms with Gasteiger partial charge in [0, 0.05) is 13.1 Å². The summed E-state index contributed by atoms with van der Waals surface area (Å²) >= 11 is 0. The molecule has 1 saturated heterocycles. The molecule has 0 aliphatic carbocycles. The Morgan fingerprint density at radius 3 is 2.76 bits per heavy atom. The minimum atomic E-state index is -0.218. The molecule has 1 amide bonds. The summed E-state index contributed by atoms with van der Waals surface area (Å²) in [5, 5.41) is 3.35. The second-order valence-electron chi connectivity index (χ2n) is 4.85. The molecule has 17 heavy (non-hydrogen) atoms. The Labute approximate surface area is 105 Å². The molecule has 0 aromatic carbocycles. The largest absolute Gasteiger partial charge is 0.331 e. The highest BCUT2D eigenvalue weighted by molar-refractivity contribution is 5.83. The van der Waals surface area contributed by atoms with Crippen molar-refractivity contribution >= 4 is 5.91 Å². The van der Waals surface area contributed by atoms with E-state index in [1.54, 1.807) is 0 Å². The maximum Gasteiger partial charge on any atom is 0.230 e. The summed E-state index contributed by atoms with van der Waals surface area (Å²) in [7, 11) is 0. The third kappa shape index (κ3) is 3.23. The van der Waals surface area contributed by atoms with Crippen molar-refractivity contribution < 1.29 is 4.79 Å². The highest BCUT2D eigenvalue weighted by Crippen LogP contribution is 2.32. The predicted molar refractivity (Wildman–Crippen MR) is 70.5 cm³/mol. The van der Waals surface area contributed by atoms with E-state index in [9.17, 15) is 4.79 Å². The van der Waals surface area contributed by atoms with E-state index < -0.39 is 0 Å². The minimum Gasteiger partial charge on any atom is -0.331 e. The normalized spacial score (nSPS) is 24.1. The standard InChI is InChI=1S/C14H24N2O/c1-4-10-16(11-5-2)13(17)14(6-3)8-7-9-15-12-14/h1,15H,5-12H2,2-3H3. The first kappa shape index (κ1) is 14.1. The lowest BCUT2D eigenvalue weighted by molar-refractivity contribution is -0.143. The van der Waals surface area contributed by atoms with Gasteiger partial charge in [0.25, 0.3) is 0 Å². The first-order valence-electron chi connectivity index (χ1n) is 6.63. The van der Waals surface area contributed by atoms with Gasteiger partial charge in [-0.1, -0.05) is 19.8 Å².